The Hall–Kier alpha value is -2.86. The molecule has 0 amide bonds. The fourth-order valence-corrected chi connectivity index (χ4v) is 5.29. The first-order valence-electron chi connectivity index (χ1n) is 10.1. The molecule has 0 bridgehead atoms. The Morgan fingerprint density at radius 3 is 2.93 bits per heavy atom. The monoisotopic (exact) mass is 402 g/mol. The molecule has 5 rings (SSSR count). The molecule has 4 aromatic heterocycles. The van der Waals surface area contributed by atoms with Gasteiger partial charge in [0.25, 0.3) is 0 Å². The van der Waals surface area contributed by atoms with Crippen molar-refractivity contribution in [2.75, 3.05) is 0 Å². The predicted octanol–water partition coefficient (Wildman–Crippen LogP) is 5.08. The number of carbonyl (C=O) groups excluding carboxylic acids is 1. The minimum atomic E-state index is 0.252. The summed E-state index contributed by atoms with van der Waals surface area (Å²) in [6.45, 7) is 2.09. The highest BCUT2D eigenvalue weighted by atomic mass is 32.1. The van der Waals surface area contributed by atoms with E-state index in [0.717, 1.165) is 57.6 Å². The Bertz CT molecular complexity index is 1180. The van der Waals surface area contributed by atoms with Crippen molar-refractivity contribution in [3.8, 4) is 11.3 Å². The number of nitrogens with one attached hydrogen (secondary N) is 1. The molecule has 0 aromatic carbocycles. The molecular formula is C23H22N4OS. The standard InChI is InChI=1S/C23H22N4OS/c1-14-10-19(17-8-9-24-23-18(17)13-26-27-23)25-12-16(14)6-7-20(28)22-11-15-4-2-3-5-21(15)29-22/h8-13H,2-7H2,1H3,(H,24,26,27). The van der Waals surface area contributed by atoms with Crippen LogP contribution in [0.2, 0.25) is 0 Å². The van der Waals surface area contributed by atoms with Crippen molar-refractivity contribution in [2.45, 2.75) is 45.4 Å². The SMILES string of the molecule is Cc1cc(-c2ccnc3[nH]ncc23)ncc1CCC(=O)c1cc2c(s1)CCCC2. The van der Waals surface area contributed by atoms with Gasteiger partial charge < -0.3 is 0 Å². The topological polar surface area (TPSA) is 71.5 Å². The lowest BCUT2D eigenvalue weighted by Gasteiger charge is -2.08. The molecule has 0 aliphatic heterocycles. The fraction of sp³-hybridized carbons (Fsp3) is 0.304. The number of hydrogen-bond acceptors (Lipinski definition) is 5. The molecule has 5 nitrogen and oxygen atoms in total. The molecule has 1 N–H and O–H groups in total. The van der Waals surface area contributed by atoms with Crippen LogP contribution in [0.5, 0.6) is 0 Å². The van der Waals surface area contributed by atoms with Crippen LogP contribution >= 0.6 is 11.3 Å². The van der Waals surface area contributed by atoms with Gasteiger partial charge in [0.2, 0.25) is 0 Å². The van der Waals surface area contributed by atoms with E-state index >= 15 is 0 Å². The second kappa shape index (κ2) is 7.52. The van der Waals surface area contributed by atoms with Crippen molar-refractivity contribution in [2.24, 2.45) is 0 Å². The van der Waals surface area contributed by atoms with Crippen LogP contribution in [0, 0.1) is 6.92 Å². The molecule has 0 atom stereocenters. The number of rotatable bonds is 5. The predicted molar refractivity (Wildman–Crippen MR) is 115 cm³/mol. The number of aromatic amines is 1. The van der Waals surface area contributed by atoms with Gasteiger partial charge in [0, 0.05) is 34.6 Å². The molecule has 29 heavy (non-hydrogen) atoms. The summed E-state index contributed by atoms with van der Waals surface area (Å²) in [6, 6.07) is 6.18. The van der Waals surface area contributed by atoms with E-state index in [0.29, 0.717) is 6.42 Å². The summed E-state index contributed by atoms with van der Waals surface area (Å²) in [4.78, 5) is 24.0. The van der Waals surface area contributed by atoms with Crippen LogP contribution in [-0.2, 0) is 19.3 Å². The first kappa shape index (κ1) is 18.2. The number of H-pyrrole nitrogens is 1. The number of Topliss-reactive ketones (excluding diaryl/α,β-unsaturated/α-hetero) is 1. The lowest BCUT2D eigenvalue weighted by molar-refractivity contribution is 0.0986. The number of carbonyl (C=O) groups is 1. The summed E-state index contributed by atoms with van der Waals surface area (Å²) in [5.74, 6) is 0.252. The number of thiophene rings is 1. The summed E-state index contributed by atoms with van der Waals surface area (Å²) in [6.07, 6.45) is 11.5. The summed E-state index contributed by atoms with van der Waals surface area (Å²) >= 11 is 1.70. The molecule has 0 saturated carbocycles. The highest BCUT2D eigenvalue weighted by Gasteiger charge is 2.17. The minimum Gasteiger partial charge on any atom is -0.293 e. The molecule has 0 unspecified atom stereocenters. The summed E-state index contributed by atoms with van der Waals surface area (Å²) in [7, 11) is 0. The molecule has 4 aromatic rings. The third-order valence-electron chi connectivity index (χ3n) is 5.74. The fourth-order valence-electron chi connectivity index (χ4n) is 4.07. The maximum atomic E-state index is 12.7. The molecule has 4 heterocycles. The molecule has 1 aliphatic rings. The summed E-state index contributed by atoms with van der Waals surface area (Å²) in [5.41, 5.74) is 6.35. The quantitative estimate of drug-likeness (QED) is 0.472. The van der Waals surface area contributed by atoms with E-state index < -0.39 is 0 Å². The van der Waals surface area contributed by atoms with E-state index in [-0.39, 0.29) is 5.78 Å². The number of nitrogens with zero attached hydrogens (tertiary/aromatic N) is 3. The second-order valence-corrected chi connectivity index (χ2v) is 8.81. The van der Waals surface area contributed by atoms with Crippen LogP contribution in [0.3, 0.4) is 0 Å². The van der Waals surface area contributed by atoms with Crippen LogP contribution in [0.25, 0.3) is 22.3 Å². The first-order valence-corrected chi connectivity index (χ1v) is 10.9. The first-order chi connectivity index (χ1) is 14.2. The lowest BCUT2D eigenvalue weighted by Crippen LogP contribution is -2.01. The lowest BCUT2D eigenvalue weighted by atomic mass is 9.98. The zero-order chi connectivity index (χ0) is 19.8. The molecule has 0 saturated heterocycles. The maximum Gasteiger partial charge on any atom is 0.173 e. The highest BCUT2D eigenvalue weighted by Crippen LogP contribution is 2.31. The van der Waals surface area contributed by atoms with Gasteiger partial charge in [0.05, 0.1) is 16.8 Å². The third kappa shape index (κ3) is 3.49. The number of aromatic nitrogens is 4. The number of pyridine rings is 2. The number of aryl methyl sites for hydroxylation is 4. The van der Waals surface area contributed by atoms with Crippen LogP contribution in [0.4, 0.5) is 0 Å². The van der Waals surface area contributed by atoms with Crippen molar-refractivity contribution >= 4 is 28.2 Å². The van der Waals surface area contributed by atoms with Gasteiger partial charge >= 0.3 is 0 Å². The molecule has 0 spiro atoms. The average molecular weight is 403 g/mol. The maximum absolute atomic E-state index is 12.7. The molecule has 0 radical (unpaired) electrons. The van der Waals surface area contributed by atoms with Crippen molar-refractivity contribution in [3.63, 3.8) is 0 Å². The molecular weight excluding hydrogens is 380 g/mol. The van der Waals surface area contributed by atoms with Crippen molar-refractivity contribution in [1.82, 2.24) is 20.2 Å². The smallest absolute Gasteiger partial charge is 0.173 e. The van der Waals surface area contributed by atoms with E-state index in [1.165, 1.54) is 23.3 Å². The third-order valence-corrected chi connectivity index (χ3v) is 7.02. The van der Waals surface area contributed by atoms with E-state index in [1.807, 2.05) is 12.3 Å². The zero-order valence-electron chi connectivity index (χ0n) is 16.4. The normalized spacial score (nSPS) is 13.6. The molecule has 146 valence electrons. The Morgan fingerprint density at radius 1 is 1.17 bits per heavy atom. The summed E-state index contributed by atoms with van der Waals surface area (Å²) in [5, 5.41) is 7.94. The average Bonchev–Trinajstić information content (AvgIpc) is 3.39. The van der Waals surface area contributed by atoms with Crippen LogP contribution < -0.4 is 0 Å². The molecule has 6 heteroatoms. The second-order valence-electron chi connectivity index (χ2n) is 7.68. The van der Waals surface area contributed by atoms with E-state index in [1.54, 1.807) is 23.7 Å². The Kier molecular flexibility index (Phi) is 4.72. The molecule has 1 aliphatic carbocycles. The zero-order valence-corrected chi connectivity index (χ0v) is 17.2. The minimum absolute atomic E-state index is 0.252. The van der Waals surface area contributed by atoms with Crippen molar-refractivity contribution in [1.29, 1.82) is 0 Å². The van der Waals surface area contributed by atoms with E-state index in [4.69, 9.17) is 0 Å². The van der Waals surface area contributed by atoms with Gasteiger partial charge in [0.1, 0.15) is 0 Å². The van der Waals surface area contributed by atoms with Gasteiger partial charge in [-0.1, -0.05) is 0 Å². The van der Waals surface area contributed by atoms with Gasteiger partial charge in [-0.15, -0.1) is 11.3 Å². The number of fused-ring (bicyclic) bond motifs is 2. The van der Waals surface area contributed by atoms with Crippen LogP contribution in [-0.4, -0.2) is 25.9 Å². The Labute approximate surface area is 173 Å². The number of hydrogen-bond donors (Lipinski definition) is 1. The molecule has 0 fully saturated rings. The van der Waals surface area contributed by atoms with Crippen LogP contribution in [0.15, 0.2) is 36.8 Å². The van der Waals surface area contributed by atoms with Gasteiger partial charge in [0.15, 0.2) is 11.4 Å². The largest absolute Gasteiger partial charge is 0.293 e. The van der Waals surface area contributed by atoms with E-state index in [9.17, 15) is 4.79 Å². The van der Waals surface area contributed by atoms with Gasteiger partial charge in [-0.2, -0.15) is 5.10 Å². The van der Waals surface area contributed by atoms with Crippen molar-refractivity contribution in [3.05, 3.63) is 63.2 Å². The highest BCUT2D eigenvalue weighted by molar-refractivity contribution is 7.14. The van der Waals surface area contributed by atoms with Crippen molar-refractivity contribution < 1.29 is 4.79 Å². The Morgan fingerprint density at radius 2 is 2.07 bits per heavy atom. The van der Waals surface area contributed by atoms with Gasteiger partial charge in [-0.25, -0.2) is 4.98 Å². The van der Waals surface area contributed by atoms with Gasteiger partial charge in [-0.3, -0.25) is 14.9 Å². The summed E-state index contributed by atoms with van der Waals surface area (Å²) < 4.78 is 0. The Balaban J connectivity index is 1.33. The van der Waals surface area contributed by atoms with Gasteiger partial charge in [-0.05, 0) is 73.9 Å². The van der Waals surface area contributed by atoms with E-state index in [2.05, 4.69) is 39.2 Å². The number of ketones is 1. The van der Waals surface area contributed by atoms with Crippen LogP contribution in [0.1, 0.15) is 50.5 Å².